The summed E-state index contributed by atoms with van der Waals surface area (Å²) in [5, 5.41) is 11.3. The van der Waals surface area contributed by atoms with E-state index in [0.29, 0.717) is 0 Å². The highest BCUT2D eigenvalue weighted by Crippen LogP contribution is 2.23. The van der Waals surface area contributed by atoms with Crippen LogP contribution in [0, 0.1) is 11.3 Å². The van der Waals surface area contributed by atoms with Crippen LogP contribution in [0.3, 0.4) is 0 Å². The molecule has 0 N–H and O–H groups in total. The number of hydrogen-bond donors (Lipinski definition) is 0. The van der Waals surface area contributed by atoms with Crippen molar-refractivity contribution in [3.8, 4) is 6.07 Å². The largest absolute Gasteiger partial charge is 0.322 e. The van der Waals surface area contributed by atoms with Crippen LogP contribution >= 0.6 is 0 Å². The molecule has 0 spiro atoms. The van der Waals surface area contributed by atoms with E-state index >= 15 is 0 Å². The van der Waals surface area contributed by atoms with Gasteiger partial charge in [-0.15, -0.1) is 0 Å². The lowest BCUT2D eigenvalue weighted by atomic mass is 10.1. The Bertz CT molecular complexity index is 686. The summed E-state index contributed by atoms with van der Waals surface area (Å²) in [4.78, 5) is 0. The van der Waals surface area contributed by atoms with E-state index in [1.807, 2.05) is 41.1 Å². The van der Waals surface area contributed by atoms with Crippen molar-refractivity contribution in [2.45, 2.75) is 0 Å². The van der Waals surface area contributed by atoms with Crippen LogP contribution in [-0.4, -0.2) is 4.40 Å². The van der Waals surface area contributed by atoms with Crippen molar-refractivity contribution in [3.05, 3.63) is 54.4 Å². The zero-order chi connectivity index (χ0) is 10.3. The van der Waals surface area contributed by atoms with Crippen LogP contribution in [-0.2, 0) is 0 Å². The van der Waals surface area contributed by atoms with Gasteiger partial charge in [-0.2, -0.15) is 5.26 Å². The van der Waals surface area contributed by atoms with Crippen molar-refractivity contribution in [2.75, 3.05) is 0 Å². The van der Waals surface area contributed by atoms with Gasteiger partial charge in [-0.25, -0.2) is 0 Å². The summed E-state index contributed by atoms with van der Waals surface area (Å²) in [6, 6.07) is 14.2. The molecule has 0 saturated carbocycles. The maximum Gasteiger partial charge on any atom is 0.101 e. The molecule has 0 aliphatic rings. The van der Waals surface area contributed by atoms with Crippen molar-refractivity contribution < 1.29 is 0 Å². The van der Waals surface area contributed by atoms with Crippen LogP contribution in [0.5, 0.6) is 0 Å². The summed E-state index contributed by atoms with van der Waals surface area (Å²) in [7, 11) is 0. The molecule has 0 unspecified atom stereocenters. The highest BCUT2D eigenvalue weighted by molar-refractivity contribution is 5.98. The van der Waals surface area contributed by atoms with E-state index in [1.165, 1.54) is 5.39 Å². The normalized spacial score (nSPS) is 10.6. The molecule has 0 amide bonds. The van der Waals surface area contributed by atoms with Crippen LogP contribution in [0.15, 0.2) is 48.8 Å². The fraction of sp³-hybridized carbons (Fsp3) is 0. The Hall–Kier alpha value is -2.27. The van der Waals surface area contributed by atoms with Gasteiger partial charge in [0, 0.05) is 17.8 Å². The number of benzene rings is 1. The van der Waals surface area contributed by atoms with Crippen LogP contribution in [0.25, 0.3) is 16.3 Å². The monoisotopic (exact) mass is 192 g/mol. The molecule has 2 nitrogen and oxygen atoms in total. The van der Waals surface area contributed by atoms with Gasteiger partial charge in [0.05, 0.1) is 11.1 Å². The Labute approximate surface area is 87.0 Å². The molecule has 3 rings (SSSR count). The molecular weight excluding hydrogens is 184 g/mol. The molecule has 2 heterocycles. The smallest absolute Gasteiger partial charge is 0.101 e. The summed E-state index contributed by atoms with van der Waals surface area (Å²) in [6.45, 7) is 0. The number of aromatic nitrogens is 1. The third-order valence-corrected chi connectivity index (χ3v) is 2.67. The van der Waals surface area contributed by atoms with Gasteiger partial charge in [-0.3, -0.25) is 0 Å². The summed E-state index contributed by atoms with van der Waals surface area (Å²) < 4.78 is 1.99. The number of nitriles is 1. The third-order valence-electron chi connectivity index (χ3n) is 2.67. The predicted molar refractivity (Wildman–Crippen MR) is 59.6 cm³/mol. The first kappa shape index (κ1) is 8.07. The minimum absolute atomic E-state index is 0.729. The first-order chi connectivity index (χ1) is 7.40. The zero-order valence-electron chi connectivity index (χ0n) is 8.01. The first-order valence-corrected chi connectivity index (χ1v) is 4.78. The molecule has 0 aliphatic carbocycles. The van der Waals surface area contributed by atoms with Gasteiger partial charge in [0.25, 0.3) is 0 Å². The van der Waals surface area contributed by atoms with E-state index in [9.17, 15) is 0 Å². The quantitative estimate of drug-likeness (QED) is 0.538. The maximum atomic E-state index is 9.02. The molecule has 70 valence electrons. The molecule has 3 aromatic rings. The molecular formula is C13H8N2. The average Bonchev–Trinajstić information content (AvgIpc) is 2.72. The molecule has 0 fully saturated rings. The lowest BCUT2D eigenvalue weighted by molar-refractivity contribution is 1.21. The predicted octanol–water partition coefficient (Wildman–Crippen LogP) is 2.96. The van der Waals surface area contributed by atoms with Crippen LogP contribution in [0.2, 0.25) is 0 Å². The fourth-order valence-corrected chi connectivity index (χ4v) is 1.96. The minimum atomic E-state index is 0.729. The molecule has 0 atom stereocenters. The van der Waals surface area contributed by atoms with E-state index in [1.54, 1.807) is 0 Å². The van der Waals surface area contributed by atoms with Gasteiger partial charge < -0.3 is 4.40 Å². The summed E-state index contributed by atoms with van der Waals surface area (Å²) in [6.07, 6.45) is 3.90. The molecule has 1 aromatic carbocycles. The second kappa shape index (κ2) is 2.86. The number of hydrogen-bond acceptors (Lipinski definition) is 1. The Kier molecular flexibility index (Phi) is 1.54. The number of rotatable bonds is 0. The number of pyridine rings is 1. The molecule has 0 radical (unpaired) electrons. The summed E-state index contributed by atoms with van der Waals surface area (Å²) in [5.41, 5.74) is 1.72. The molecule has 0 bridgehead atoms. The topological polar surface area (TPSA) is 28.2 Å². The first-order valence-electron chi connectivity index (χ1n) is 4.78. The minimum Gasteiger partial charge on any atom is -0.322 e. The Morgan fingerprint density at radius 2 is 1.80 bits per heavy atom. The van der Waals surface area contributed by atoms with Gasteiger partial charge in [-0.05, 0) is 17.5 Å². The van der Waals surface area contributed by atoms with Gasteiger partial charge in [0.2, 0.25) is 0 Å². The van der Waals surface area contributed by atoms with Crippen molar-refractivity contribution in [1.82, 2.24) is 4.40 Å². The van der Waals surface area contributed by atoms with Crippen molar-refractivity contribution in [1.29, 1.82) is 5.26 Å². The van der Waals surface area contributed by atoms with E-state index in [2.05, 4.69) is 18.2 Å². The highest BCUT2D eigenvalue weighted by Gasteiger charge is 2.04. The SMILES string of the molecule is N#Cc1ccn2ccc3ccccc3c12. The number of nitrogens with zero attached hydrogens (tertiary/aromatic N) is 2. The maximum absolute atomic E-state index is 9.02. The Morgan fingerprint density at radius 3 is 2.67 bits per heavy atom. The summed E-state index contributed by atoms with van der Waals surface area (Å²) in [5.74, 6) is 0. The van der Waals surface area contributed by atoms with E-state index < -0.39 is 0 Å². The van der Waals surface area contributed by atoms with Crippen molar-refractivity contribution in [3.63, 3.8) is 0 Å². The van der Waals surface area contributed by atoms with E-state index in [-0.39, 0.29) is 0 Å². The second-order valence-corrected chi connectivity index (χ2v) is 3.50. The average molecular weight is 192 g/mol. The molecule has 15 heavy (non-hydrogen) atoms. The molecule has 2 aromatic heterocycles. The highest BCUT2D eigenvalue weighted by atomic mass is 14.9. The number of fused-ring (bicyclic) bond motifs is 3. The summed E-state index contributed by atoms with van der Waals surface area (Å²) >= 11 is 0. The van der Waals surface area contributed by atoms with E-state index in [0.717, 1.165) is 16.5 Å². The Morgan fingerprint density at radius 1 is 1.00 bits per heavy atom. The third kappa shape index (κ3) is 1.04. The van der Waals surface area contributed by atoms with E-state index in [4.69, 9.17) is 5.26 Å². The molecule has 2 heteroatoms. The zero-order valence-corrected chi connectivity index (χ0v) is 8.01. The van der Waals surface area contributed by atoms with Crippen LogP contribution in [0.1, 0.15) is 5.56 Å². The lowest BCUT2D eigenvalue weighted by Crippen LogP contribution is -1.84. The van der Waals surface area contributed by atoms with Gasteiger partial charge in [0.15, 0.2) is 0 Å². The van der Waals surface area contributed by atoms with Crippen molar-refractivity contribution in [2.24, 2.45) is 0 Å². The Balaban J connectivity index is 2.63. The van der Waals surface area contributed by atoms with Crippen LogP contribution in [0.4, 0.5) is 0 Å². The standard InChI is InChI=1S/C13H8N2/c14-9-11-6-8-15-7-5-10-3-1-2-4-12(10)13(11)15/h1-8H. The second-order valence-electron chi connectivity index (χ2n) is 3.50. The molecule has 0 saturated heterocycles. The van der Waals surface area contributed by atoms with Gasteiger partial charge in [-0.1, -0.05) is 24.3 Å². The van der Waals surface area contributed by atoms with Crippen LogP contribution < -0.4 is 0 Å². The lowest BCUT2D eigenvalue weighted by Gasteiger charge is -2.01. The van der Waals surface area contributed by atoms with Gasteiger partial charge >= 0.3 is 0 Å². The fourth-order valence-electron chi connectivity index (χ4n) is 1.96. The van der Waals surface area contributed by atoms with Crippen molar-refractivity contribution >= 4 is 16.3 Å². The van der Waals surface area contributed by atoms with Gasteiger partial charge in [0.1, 0.15) is 6.07 Å². The molecule has 0 aliphatic heterocycles.